The second kappa shape index (κ2) is 5.54. The molecule has 1 aromatic rings. The summed E-state index contributed by atoms with van der Waals surface area (Å²) in [5.41, 5.74) is 0. The molecule has 2 unspecified atom stereocenters. The number of piperidine rings is 1. The van der Waals surface area contributed by atoms with Gasteiger partial charge in [0.1, 0.15) is 11.9 Å². The highest BCUT2D eigenvalue weighted by molar-refractivity contribution is 5.21. The van der Waals surface area contributed by atoms with Gasteiger partial charge < -0.3 is 9.64 Å². The van der Waals surface area contributed by atoms with Crippen LogP contribution in [0.2, 0.25) is 0 Å². The van der Waals surface area contributed by atoms with Crippen LogP contribution in [0.15, 0.2) is 30.3 Å². The summed E-state index contributed by atoms with van der Waals surface area (Å²) in [6.07, 6.45) is 4.21. The molecule has 94 valence electrons. The van der Waals surface area contributed by atoms with E-state index in [0.717, 1.165) is 17.8 Å². The fourth-order valence-corrected chi connectivity index (χ4v) is 2.82. The van der Waals surface area contributed by atoms with Crippen molar-refractivity contribution in [2.24, 2.45) is 0 Å². The minimum atomic E-state index is 0.437. The first-order valence-electron chi connectivity index (χ1n) is 6.76. The van der Waals surface area contributed by atoms with Gasteiger partial charge >= 0.3 is 0 Å². The lowest BCUT2D eigenvalue weighted by Crippen LogP contribution is -2.60. The SMILES string of the molecule is CC.CN1C2CC(Oc3ccccc3)CC1C2. The lowest BCUT2D eigenvalue weighted by atomic mass is 9.78. The quantitative estimate of drug-likeness (QED) is 0.777. The van der Waals surface area contributed by atoms with Crippen LogP contribution < -0.4 is 4.74 Å². The first-order chi connectivity index (χ1) is 8.33. The first-order valence-corrected chi connectivity index (χ1v) is 6.76. The highest BCUT2D eigenvalue weighted by Gasteiger charge is 2.43. The third-order valence-electron chi connectivity index (χ3n) is 3.81. The monoisotopic (exact) mass is 233 g/mol. The van der Waals surface area contributed by atoms with E-state index in [-0.39, 0.29) is 0 Å². The van der Waals surface area contributed by atoms with Crippen LogP contribution >= 0.6 is 0 Å². The molecule has 2 aliphatic heterocycles. The maximum absolute atomic E-state index is 5.98. The molecule has 2 nitrogen and oxygen atoms in total. The second-order valence-electron chi connectivity index (χ2n) is 4.73. The third-order valence-corrected chi connectivity index (χ3v) is 3.81. The summed E-state index contributed by atoms with van der Waals surface area (Å²) in [6.45, 7) is 4.00. The van der Waals surface area contributed by atoms with Gasteiger partial charge in [-0.1, -0.05) is 32.0 Å². The molecule has 1 aliphatic carbocycles. The summed E-state index contributed by atoms with van der Waals surface area (Å²) in [5, 5.41) is 0. The van der Waals surface area contributed by atoms with Crippen molar-refractivity contribution in [3.63, 3.8) is 0 Å². The fourth-order valence-electron chi connectivity index (χ4n) is 2.82. The van der Waals surface area contributed by atoms with Gasteiger partial charge in [-0.15, -0.1) is 0 Å². The minimum absolute atomic E-state index is 0.437. The van der Waals surface area contributed by atoms with Crippen LogP contribution in [0.5, 0.6) is 5.75 Å². The molecule has 2 heteroatoms. The van der Waals surface area contributed by atoms with Crippen molar-refractivity contribution in [3.05, 3.63) is 30.3 Å². The predicted molar refractivity (Wildman–Crippen MR) is 71.4 cm³/mol. The average Bonchev–Trinajstić information content (AvgIpc) is 2.42. The van der Waals surface area contributed by atoms with Crippen molar-refractivity contribution in [2.45, 2.75) is 51.3 Å². The van der Waals surface area contributed by atoms with E-state index in [2.05, 4.69) is 11.9 Å². The predicted octanol–water partition coefficient (Wildman–Crippen LogP) is 3.33. The molecule has 1 aromatic carbocycles. The zero-order chi connectivity index (χ0) is 12.3. The van der Waals surface area contributed by atoms with Gasteiger partial charge in [-0.05, 0) is 38.4 Å². The summed E-state index contributed by atoms with van der Waals surface area (Å²) in [4.78, 5) is 2.49. The zero-order valence-corrected chi connectivity index (χ0v) is 11.1. The molecule has 2 atom stereocenters. The van der Waals surface area contributed by atoms with Gasteiger partial charge in [-0.2, -0.15) is 0 Å². The number of hydrogen-bond donors (Lipinski definition) is 0. The van der Waals surface area contributed by atoms with E-state index in [1.165, 1.54) is 19.3 Å². The van der Waals surface area contributed by atoms with Crippen LogP contribution in [0, 0.1) is 0 Å². The molecule has 0 amide bonds. The molecule has 1 saturated carbocycles. The molecule has 2 heterocycles. The van der Waals surface area contributed by atoms with E-state index in [1.54, 1.807) is 0 Å². The Morgan fingerprint density at radius 3 is 2.12 bits per heavy atom. The van der Waals surface area contributed by atoms with Crippen molar-refractivity contribution in [1.29, 1.82) is 0 Å². The number of hydrogen-bond acceptors (Lipinski definition) is 2. The van der Waals surface area contributed by atoms with Gasteiger partial charge in [0.15, 0.2) is 0 Å². The average molecular weight is 233 g/mol. The molecule has 17 heavy (non-hydrogen) atoms. The molecule has 2 bridgehead atoms. The van der Waals surface area contributed by atoms with Crippen molar-refractivity contribution in [1.82, 2.24) is 4.90 Å². The van der Waals surface area contributed by atoms with Crippen LogP contribution in [0.1, 0.15) is 33.1 Å². The van der Waals surface area contributed by atoms with Crippen molar-refractivity contribution >= 4 is 0 Å². The van der Waals surface area contributed by atoms with Crippen molar-refractivity contribution in [3.8, 4) is 5.75 Å². The van der Waals surface area contributed by atoms with Gasteiger partial charge in [-0.3, -0.25) is 0 Å². The largest absolute Gasteiger partial charge is 0.490 e. The lowest BCUT2D eigenvalue weighted by molar-refractivity contribution is -0.0559. The number of ether oxygens (including phenoxy) is 1. The van der Waals surface area contributed by atoms with E-state index in [1.807, 2.05) is 44.2 Å². The van der Waals surface area contributed by atoms with E-state index in [9.17, 15) is 0 Å². The summed E-state index contributed by atoms with van der Waals surface area (Å²) >= 11 is 0. The van der Waals surface area contributed by atoms with Gasteiger partial charge in [-0.25, -0.2) is 0 Å². The molecule has 0 spiro atoms. The maximum atomic E-state index is 5.98. The number of nitrogens with zero attached hydrogens (tertiary/aromatic N) is 1. The van der Waals surface area contributed by atoms with E-state index in [0.29, 0.717) is 6.10 Å². The van der Waals surface area contributed by atoms with Crippen LogP contribution in [0.3, 0.4) is 0 Å². The summed E-state index contributed by atoms with van der Waals surface area (Å²) in [6, 6.07) is 11.7. The van der Waals surface area contributed by atoms with Gasteiger partial charge in [0, 0.05) is 12.1 Å². The fraction of sp³-hybridized carbons (Fsp3) is 0.600. The Morgan fingerprint density at radius 2 is 1.59 bits per heavy atom. The van der Waals surface area contributed by atoms with Crippen LogP contribution in [0.4, 0.5) is 0 Å². The molecule has 0 N–H and O–H groups in total. The molecular formula is C15H23NO. The van der Waals surface area contributed by atoms with Gasteiger partial charge in [0.25, 0.3) is 0 Å². The number of rotatable bonds is 2. The van der Waals surface area contributed by atoms with E-state index in [4.69, 9.17) is 4.74 Å². The molecular weight excluding hydrogens is 210 g/mol. The van der Waals surface area contributed by atoms with Crippen LogP contribution in [-0.2, 0) is 0 Å². The number of benzene rings is 1. The summed E-state index contributed by atoms with van der Waals surface area (Å²) < 4.78 is 5.98. The lowest BCUT2D eigenvalue weighted by Gasteiger charge is -2.53. The third kappa shape index (κ3) is 2.63. The normalized spacial score (nSPS) is 30.9. The Kier molecular flexibility index (Phi) is 4.06. The highest BCUT2D eigenvalue weighted by atomic mass is 16.5. The summed E-state index contributed by atoms with van der Waals surface area (Å²) in [7, 11) is 2.23. The molecule has 0 radical (unpaired) electrons. The Morgan fingerprint density at radius 1 is 1.00 bits per heavy atom. The van der Waals surface area contributed by atoms with Crippen LogP contribution in [-0.4, -0.2) is 30.1 Å². The standard InChI is InChI=1S/C13H17NO.C2H6/c1-14-10-7-11(14)9-13(8-10)15-12-5-3-2-4-6-12;1-2/h2-6,10-11,13H,7-9H2,1H3;1-2H3. The zero-order valence-electron chi connectivity index (χ0n) is 11.1. The van der Waals surface area contributed by atoms with Crippen molar-refractivity contribution in [2.75, 3.05) is 7.05 Å². The highest BCUT2D eigenvalue weighted by Crippen LogP contribution is 2.38. The number of fused-ring (bicyclic) bond motifs is 2. The maximum Gasteiger partial charge on any atom is 0.119 e. The molecule has 2 saturated heterocycles. The molecule has 3 aliphatic rings. The van der Waals surface area contributed by atoms with E-state index < -0.39 is 0 Å². The molecule has 0 aromatic heterocycles. The first kappa shape index (κ1) is 12.4. The Balaban J connectivity index is 0.000000514. The van der Waals surface area contributed by atoms with Gasteiger partial charge in [0.05, 0.1) is 0 Å². The van der Waals surface area contributed by atoms with Crippen molar-refractivity contribution < 1.29 is 4.74 Å². The second-order valence-corrected chi connectivity index (χ2v) is 4.73. The van der Waals surface area contributed by atoms with Gasteiger partial charge in [0.2, 0.25) is 0 Å². The Labute approximate surface area is 105 Å². The number of para-hydroxylation sites is 1. The summed E-state index contributed by atoms with van der Waals surface area (Å²) in [5.74, 6) is 1.02. The van der Waals surface area contributed by atoms with E-state index >= 15 is 0 Å². The Bertz CT molecular complexity index is 326. The molecule has 3 fully saturated rings. The van der Waals surface area contributed by atoms with Crippen LogP contribution in [0.25, 0.3) is 0 Å². The minimum Gasteiger partial charge on any atom is -0.490 e. The molecule has 4 rings (SSSR count). The topological polar surface area (TPSA) is 12.5 Å². The smallest absolute Gasteiger partial charge is 0.119 e. The Hall–Kier alpha value is -1.02.